The second kappa shape index (κ2) is 3.63. The highest BCUT2D eigenvalue weighted by molar-refractivity contribution is 7.89. The largest absolute Gasteiger partial charge is 0.345 e. The smallest absolute Gasteiger partial charge is 0.242 e. The summed E-state index contributed by atoms with van der Waals surface area (Å²) in [6, 6.07) is 3.40. The Morgan fingerprint density at radius 1 is 1.53 bits per heavy atom. The van der Waals surface area contributed by atoms with E-state index in [0.717, 1.165) is 0 Å². The standard InChI is InChI=1S/C9H10N3O2S/c1-2-12-15(13,14)8-6-11-9-7(8)4-3-5-10-9/h3-6,12H,1-2H2,(H,10,11). The Labute approximate surface area is 87.6 Å². The Morgan fingerprint density at radius 3 is 3.07 bits per heavy atom. The van der Waals surface area contributed by atoms with E-state index < -0.39 is 10.0 Å². The van der Waals surface area contributed by atoms with Crippen molar-refractivity contribution in [3.63, 3.8) is 0 Å². The fourth-order valence-corrected chi connectivity index (χ4v) is 2.46. The third-order valence-corrected chi connectivity index (χ3v) is 3.50. The van der Waals surface area contributed by atoms with Gasteiger partial charge in [-0.05, 0) is 19.1 Å². The van der Waals surface area contributed by atoms with Gasteiger partial charge in [0, 0.05) is 24.3 Å². The molecule has 0 unspecified atom stereocenters. The Bertz CT molecular complexity index is 574. The first kappa shape index (κ1) is 10.1. The number of hydrogen-bond donors (Lipinski definition) is 2. The molecule has 0 amide bonds. The van der Waals surface area contributed by atoms with Crippen molar-refractivity contribution in [3.8, 4) is 0 Å². The van der Waals surface area contributed by atoms with Crippen molar-refractivity contribution in [2.75, 3.05) is 6.54 Å². The van der Waals surface area contributed by atoms with E-state index in [4.69, 9.17) is 0 Å². The minimum Gasteiger partial charge on any atom is -0.345 e. The number of aromatic nitrogens is 2. The molecule has 0 fully saturated rings. The molecule has 0 saturated carbocycles. The van der Waals surface area contributed by atoms with Gasteiger partial charge in [0.05, 0.1) is 0 Å². The van der Waals surface area contributed by atoms with Gasteiger partial charge in [0.1, 0.15) is 10.5 Å². The molecule has 2 rings (SSSR count). The molecule has 6 heteroatoms. The monoisotopic (exact) mass is 224 g/mol. The van der Waals surface area contributed by atoms with Crippen LogP contribution in [0.3, 0.4) is 0 Å². The fourth-order valence-electron chi connectivity index (χ4n) is 1.37. The molecule has 2 aromatic rings. The molecule has 0 aromatic carbocycles. The third-order valence-electron chi connectivity index (χ3n) is 1.99. The first-order valence-corrected chi connectivity index (χ1v) is 5.84. The lowest BCUT2D eigenvalue weighted by Gasteiger charge is -2.01. The van der Waals surface area contributed by atoms with E-state index in [9.17, 15) is 8.42 Å². The number of rotatable bonds is 3. The van der Waals surface area contributed by atoms with Gasteiger partial charge in [0.25, 0.3) is 0 Å². The second-order valence-corrected chi connectivity index (χ2v) is 4.69. The van der Waals surface area contributed by atoms with Crippen molar-refractivity contribution in [1.82, 2.24) is 14.7 Å². The number of fused-ring (bicyclic) bond motifs is 1. The summed E-state index contributed by atoms with van der Waals surface area (Å²) in [4.78, 5) is 7.02. The van der Waals surface area contributed by atoms with Crippen LogP contribution in [-0.2, 0) is 10.0 Å². The number of nitrogens with zero attached hydrogens (tertiary/aromatic N) is 1. The molecule has 0 bridgehead atoms. The molecule has 2 aromatic heterocycles. The number of pyridine rings is 1. The van der Waals surface area contributed by atoms with Crippen LogP contribution in [-0.4, -0.2) is 24.9 Å². The molecule has 0 spiro atoms. The Morgan fingerprint density at radius 2 is 2.33 bits per heavy atom. The van der Waals surface area contributed by atoms with Gasteiger partial charge in [-0.3, -0.25) is 0 Å². The number of nitrogens with one attached hydrogen (secondary N) is 2. The number of aromatic amines is 1. The van der Waals surface area contributed by atoms with Crippen LogP contribution in [0.2, 0.25) is 0 Å². The number of hydrogen-bond acceptors (Lipinski definition) is 3. The van der Waals surface area contributed by atoms with E-state index >= 15 is 0 Å². The maximum absolute atomic E-state index is 11.7. The van der Waals surface area contributed by atoms with Gasteiger partial charge < -0.3 is 4.98 Å². The highest BCUT2D eigenvalue weighted by Gasteiger charge is 2.17. The van der Waals surface area contributed by atoms with Crippen LogP contribution in [0.25, 0.3) is 11.0 Å². The lowest BCUT2D eigenvalue weighted by Crippen LogP contribution is -2.22. The Balaban J connectivity index is 2.63. The van der Waals surface area contributed by atoms with Crippen molar-refractivity contribution >= 4 is 21.1 Å². The summed E-state index contributed by atoms with van der Waals surface area (Å²) in [5, 5.41) is 0.582. The molecule has 1 radical (unpaired) electrons. The molecule has 0 aliphatic heterocycles. The van der Waals surface area contributed by atoms with E-state index in [0.29, 0.717) is 11.0 Å². The molecule has 15 heavy (non-hydrogen) atoms. The highest BCUT2D eigenvalue weighted by Crippen LogP contribution is 2.20. The second-order valence-electron chi connectivity index (χ2n) is 2.95. The van der Waals surface area contributed by atoms with Gasteiger partial charge in [-0.25, -0.2) is 18.1 Å². The molecular weight excluding hydrogens is 214 g/mol. The third kappa shape index (κ3) is 1.73. The molecule has 0 aliphatic rings. The zero-order valence-electron chi connectivity index (χ0n) is 7.90. The van der Waals surface area contributed by atoms with Crippen LogP contribution < -0.4 is 4.72 Å². The lowest BCUT2D eigenvalue weighted by atomic mass is 10.3. The minimum absolute atomic E-state index is 0.120. The van der Waals surface area contributed by atoms with Gasteiger partial charge in [-0.2, -0.15) is 0 Å². The van der Waals surface area contributed by atoms with Crippen molar-refractivity contribution in [2.24, 2.45) is 0 Å². The van der Waals surface area contributed by atoms with Crippen LogP contribution >= 0.6 is 0 Å². The van der Waals surface area contributed by atoms with E-state index in [2.05, 4.69) is 21.6 Å². The Kier molecular flexibility index (Phi) is 2.45. The van der Waals surface area contributed by atoms with Crippen LogP contribution in [0.1, 0.15) is 0 Å². The van der Waals surface area contributed by atoms with Gasteiger partial charge in [-0.15, -0.1) is 0 Å². The molecule has 5 nitrogen and oxygen atoms in total. The predicted octanol–water partition coefficient (Wildman–Crippen LogP) is 0.675. The first-order valence-electron chi connectivity index (χ1n) is 4.36. The maximum atomic E-state index is 11.7. The van der Waals surface area contributed by atoms with Gasteiger partial charge in [0.15, 0.2) is 0 Å². The Hall–Kier alpha value is -1.40. The van der Waals surface area contributed by atoms with Gasteiger partial charge >= 0.3 is 0 Å². The van der Waals surface area contributed by atoms with Crippen LogP contribution in [0, 0.1) is 6.92 Å². The quantitative estimate of drug-likeness (QED) is 0.804. The predicted molar refractivity (Wildman–Crippen MR) is 56.6 cm³/mol. The molecule has 0 aliphatic carbocycles. The van der Waals surface area contributed by atoms with E-state index in [1.54, 1.807) is 18.3 Å². The van der Waals surface area contributed by atoms with Gasteiger partial charge in [-0.1, -0.05) is 0 Å². The minimum atomic E-state index is -3.48. The van der Waals surface area contributed by atoms with E-state index in [-0.39, 0.29) is 11.4 Å². The van der Waals surface area contributed by atoms with E-state index in [1.807, 2.05) is 0 Å². The van der Waals surface area contributed by atoms with Crippen molar-refractivity contribution in [1.29, 1.82) is 0 Å². The first-order chi connectivity index (χ1) is 7.15. The van der Waals surface area contributed by atoms with Crippen molar-refractivity contribution < 1.29 is 8.42 Å². The fraction of sp³-hybridized carbons (Fsp3) is 0.111. The number of H-pyrrole nitrogens is 1. The van der Waals surface area contributed by atoms with Gasteiger partial charge in [0.2, 0.25) is 10.0 Å². The average Bonchev–Trinajstić information content (AvgIpc) is 2.61. The average molecular weight is 224 g/mol. The summed E-state index contributed by atoms with van der Waals surface area (Å²) >= 11 is 0. The summed E-state index contributed by atoms with van der Waals surface area (Å²) in [6.07, 6.45) is 3.03. The lowest BCUT2D eigenvalue weighted by molar-refractivity contribution is 0.586. The maximum Gasteiger partial charge on any atom is 0.242 e. The van der Waals surface area contributed by atoms with Crippen LogP contribution in [0.5, 0.6) is 0 Å². The summed E-state index contributed by atoms with van der Waals surface area (Å²) in [6.45, 7) is 3.57. The van der Waals surface area contributed by atoms with E-state index in [1.165, 1.54) is 6.20 Å². The van der Waals surface area contributed by atoms with Crippen LogP contribution in [0.4, 0.5) is 0 Å². The molecular formula is C9H10N3O2S. The zero-order valence-corrected chi connectivity index (χ0v) is 8.71. The molecule has 0 atom stereocenters. The summed E-state index contributed by atoms with van der Waals surface area (Å²) in [5.41, 5.74) is 0.557. The SMILES string of the molecule is [CH2]CNS(=O)(=O)c1c[nH]c2ncccc12. The molecule has 79 valence electrons. The molecule has 2 N–H and O–H groups in total. The summed E-state index contributed by atoms with van der Waals surface area (Å²) in [7, 11) is -3.48. The van der Waals surface area contributed by atoms with Crippen LogP contribution in [0.15, 0.2) is 29.4 Å². The topological polar surface area (TPSA) is 74.8 Å². The highest BCUT2D eigenvalue weighted by atomic mass is 32.2. The molecule has 2 heterocycles. The number of sulfonamides is 1. The van der Waals surface area contributed by atoms with Crippen molar-refractivity contribution in [3.05, 3.63) is 31.5 Å². The normalized spacial score (nSPS) is 12.1. The molecule has 0 saturated heterocycles. The zero-order chi connectivity index (χ0) is 10.9. The summed E-state index contributed by atoms with van der Waals surface area (Å²) in [5.74, 6) is 0. The summed E-state index contributed by atoms with van der Waals surface area (Å²) < 4.78 is 25.7. The van der Waals surface area contributed by atoms with Crippen molar-refractivity contribution in [2.45, 2.75) is 4.90 Å².